The molecule has 220 valence electrons. The van der Waals surface area contributed by atoms with Crippen LogP contribution >= 0.6 is 0 Å². The lowest BCUT2D eigenvalue weighted by Crippen LogP contribution is -2.64. The minimum Gasteiger partial charge on any atom is -0.488 e. The molecule has 0 aliphatic carbocycles. The number of ether oxygens (including phenoxy) is 1. The van der Waals surface area contributed by atoms with Gasteiger partial charge in [0.25, 0.3) is 11.8 Å². The van der Waals surface area contributed by atoms with Crippen molar-refractivity contribution in [2.75, 3.05) is 11.9 Å². The third-order valence-electron chi connectivity index (χ3n) is 6.75. The molecule has 1 aliphatic rings. The van der Waals surface area contributed by atoms with Gasteiger partial charge in [-0.15, -0.1) is 0 Å². The van der Waals surface area contributed by atoms with Gasteiger partial charge in [-0.2, -0.15) is 0 Å². The van der Waals surface area contributed by atoms with Crippen molar-refractivity contribution in [2.24, 2.45) is 27.9 Å². The minimum atomic E-state index is -1.84. The molecular formula is C27H36N8O6. The lowest BCUT2D eigenvalue weighted by atomic mass is 9.93. The van der Waals surface area contributed by atoms with Gasteiger partial charge in [-0.25, -0.2) is 4.99 Å². The highest BCUT2D eigenvalue weighted by Crippen LogP contribution is 2.28. The number of aliphatic hydroxyl groups excluding tert-OH is 1. The molecule has 1 heterocycles. The van der Waals surface area contributed by atoms with Gasteiger partial charge in [-0.05, 0) is 70.0 Å². The number of rotatable bonds is 7. The highest BCUT2D eigenvalue weighted by atomic mass is 16.5. The van der Waals surface area contributed by atoms with Crippen LogP contribution in [0.1, 0.15) is 59.4 Å². The smallest absolute Gasteiger partial charge is 0.255 e. The van der Waals surface area contributed by atoms with Gasteiger partial charge in [0.1, 0.15) is 23.9 Å². The van der Waals surface area contributed by atoms with Crippen molar-refractivity contribution in [1.82, 2.24) is 10.6 Å². The first-order valence-electron chi connectivity index (χ1n) is 13.0. The van der Waals surface area contributed by atoms with E-state index >= 15 is 0 Å². The van der Waals surface area contributed by atoms with Crippen LogP contribution in [0.15, 0.2) is 41.4 Å². The van der Waals surface area contributed by atoms with Crippen molar-refractivity contribution < 1.29 is 29.0 Å². The molecule has 14 nitrogen and oxygen atoms in total. The summed E-state index contributed by atoms with van der Waals surface area (Å²) in [6.45, 7) is 2.92. The van der Waals surface area contributed by atoms with Crippen LogP contribution in [0, 0.1) is 0 Å². The number of hydrogen-bond acceptors (Lipinski definition) is 8. The summed E-state index contributed by atoms with van der Waals surface area (Å²) in [7, 11) is 0. The number of aliphatic hydroxyl groups is 1. The standard InChI is InChI=1S/C27H36N8O6/c1-14(36)27(2)25(40)34-20-11-15(22(29)37)6-7-16(20)13-41-21-9-8-17(32-26(30)31)12-18(21)23(38)33-19(24(39)35-27)5-3-4-10-28/h6-9,11-12,14,19,36H,3-5,10,13,28H2,1-2H3,(H2,29,37)(H,33,38)(H,34,40)(H,35,39)(H4,30,31,32)/t14-,19+,27?/m1/s1. The Kier molecular flexibility index (Phi) is 9.86. The molecule has 0 saturated heterocycles. The van der Waals surface area contributed by atoms with E-state index in [4.69, 9.17) is 27.7 Å². The lowest BCUT2D eigenvalue weighted by molar-refractivity contribution is -0.134. The number of primary amides is 1. The van der Waals surface area contributed by atoms with Crippen LogP contribution in [-0.4, -0.2) is 58.9 Å². The van der Waals surface area contributed by atoms with Crippen LogP contribution in [0.5, 0.6) is 5.75 Å². The van der Waals surface area contributed by atoms with Crippen LogP contribution in [0.4, 0.5) is 11.4 Å². The molecule has 0 radical (unpaired) electrons. The molecule has 3 rings (SSSR count). The lowest BCUT2D eigenvalue weighted by Gasteiger charge is -2.34. The summed E-state index contributed by atoms with van der Waals surface area (Å²) >= 11 is 0. The van der Waals surface area contributed by atoms with E-state index in [0.29, 0.717) is 24.9 Å². The van der Waals surface area contributed by atoms with Crippen molar-refractivity contribution in [3.63, 3.8) is 0 Å². The summed E-state index contributed by atoms with van der Waals surface area (Å²) in [4.78, 5) is 56.4. The molecule has 2 aromatic carbocycles. The van der Waals surface area contributed by atoms with E-state index in [0.717, 1.165) is 0 Å². The third kappa shape index (κ3) is 7.49. The van der Waals surface area contributed by atoms with Gasteiger partial charge in [-0.3, -0.25) is 19.2 Å². The molecule has 0 aromatic heterocycles. The van der Waals surface area contributed by atoms with Gasteiger partial charge >= 0.3 is 0 Å². The fourth-order valence-corrected chi connectivity index (χ4v) is 4.11. The summed E-state index contributed by atoms with van der Waals surface area (Å²) in [6, 6.07) is 7.68. The second-order valence-electron chi connectivity index (χ2n) is 9.87. The predicted molar refractivity (Wildman–Crippen MR) is 152 cm³/mol. The third-order valence-corrected chi connectivity index (χ3v) is 6.75. The van der Waals surface area contributed by atoms with Gasteiger partial charge in [0.05, 0.1) is 17.4 Å². The molecule has 1 aliphatic heterocycles. The number of hydrogen-bond donors (Lipinski definition) is 8. The Balaban J connectivity index is 2.17. The van der Waals surface area contributed by atoms with Crippen LogP contribution in [0.2, 0.25) is 0 Å². The predicted octanol–water partition coefficient (Wildman–Crippen LogP) is -0.295. The Morgan fingerprint density at radius 1 is 1.15 bits per heavy atom. The number of carbonyl (C=O) groups excluding carboxylic acids is 4. The number of aliphatic imine (C=N–C) groups is 1. The molecule has 3 atom stereocenters. The molecule has 0 fully saturated rings. The maximum Gasteiger partial charge on any atom is 0.255 e. The van der Waals surface area contributed by atoms with Gasteiger partial charge in [0, 0.05) is 16.8 Å². The number of unbranched alkanes of at least 4 members (excludes halogenated alkanes) is 1. The first-order valence-corrected chi connectivity index (χ1v) is 13.0. The SMILES string of the molecule is C[C@@H](O)C1(C)NC(=O)[C@H](CCCCN)NC(=O)c2cc(N=C(N)N)ccc2OCc2ccc(C(N)=O)cc2NC1=O. The van der Waals surface area contributed by atoms with E-state index in [2.05, 4.69) is 20.9 Å². The molecule has 4 amide bonds. The minimum absolute atomic E-state index is 0.0406. The highest BCUT2D eigenvalue weighted by Gasteiger charge is 2.42. The molecule has 2 aromatic rings. The molecular weight excluding hydrogens is 532 g/mol. The molecule has 41 heavy (non-hydrogen) atoms. The molecule has 12 N–H and O–H groups in total. The van der Waals surface area contributed by atoms with Crippen molar-refractivity contribution in [2.45, 2.75) is 57.4 Å². The van der Waals surface area contributed by atoms with Crippen molar-refractivity contribution in [1.29, 1.82) is 0 Å². The van der Waals surface area contributed by atoms with E-state index in [1.807, 2.05) is 0 Å². The zero-order chi connectivity index (χ0) is 30.3. The Morgan fingerprint density at radius 2 is 1.88 bits per heavy atom. The maximum absolute atomic E-state index is 13.5. The summed E-state index contributed by atoms with van der Waals surface area (Å²) in [5, 5.41) is 18.6. The van der Waals surface area contributed by atoms with E-state index in [-0.39, 0.29) is 47.2 Å². The maximum atomic E-state index is 13.5. The van der Waals surface area contributed by atoms with Gasteiger partial charge in [0.2, 0.25) is 11.8 Å². The van der Waals surface area contributed by atoms with Gasteiger partial charge < -0.3 is 48.7 Å². The first-order chi connectivity index (χ1) is 19.3. The van der Waals surface area contributed by atoms with Crippen molar-refractivity contribution in [3.05, 3.63) is 53.1 Å². The average Bonchev–Trinajstić information content (AvgIpc) is 2.91. The quantitative estimate of drug-likeness (QED) is 0.124. The number of nitrogens with two attached hydrogens (primary N) is 4. The number of nitrogens with one attached hydrogen (secondary N) is 3. The molecule has 0 bridgehead atoms. The zero-order valence-corrected chi connectivity index (χ0v) is 22.9. The Bertz CT molecular complexity index is 1360. The molecule has 14 heteroatoms. The second-order valence-corrected chi connectivity index (χ2v) is 9.87. The summed E-state index contributed by atoms with van der Waals surface area (Å²) < 4.78 is 5.98. The van der Waals surface area contributed by atoms with Gasteiger partial charge in [0.15, 0.2) is 5.96 Å². The monoisotopic (exact) mass is 568 g/mol. The Labute approximate surface area is 236 Å². The number of nitrogens with zero attached hydrogens (tertiary/aromatic N) is 1. The van der Waals surface area contributed by atoms with Crippen LogP contribution < -0.4 is 43.6 Å². The van der Waals surface area contributed by atoms with Crippen LogP contribution in [0.3, 0.4) is 0 Å². The fourth-order valence-electron chi connectivity index (χ4n) is 4.11. The largest absolute Gasteiger partial charge is 0.488 e. The van der Waals surface area contributed by atoms with Crippen molar-refractivity contribution >= 4 is 41.0 Å². The normalized spacial score (nSPS) is 20.1. The number of guanidine groups is 1. The first kappa shape index (κ1) is 30.8. The summed E-state index contributed by atoms with van der Waals surface area (Å²) in [6.07, 6.45) is -0.0867. The summed E-state index contributed by atoms with van der Waals surface area (Å²) in [5.41, 5.74) is 21.2. The highest BCUT2D eigenvalue weighted by molar-refractivity contribution is 6.04. The number of carbonyl (C=O) groups is 4. The van der Waals surface area contributed by atoms with Crippen molar-refractivity contribution in [3.8, 4) is 5.75 Å². The van der Waals surface area contributed by atoms with E-state index in [1.165, 1.54) is 50.2 Å². The second kappa shape index (κ2) is 13.1. The number of fused-ring (bicyclic) bond motifs is 2. The Hall–Kier alpha value is -4.69. The van der Waals surface area contributed by atoms with Crippen LogP contribution in [0.25, 0.3) is 0 Å². The van der Waals surface area contributed by atoms with Gasteiger partial charge in [-0.1, -0.05) is 6.07 Å². The zero-order valence-electron chi connectivity index (χ0n) is 22.9. The summed E-state index contributed by atoms with van der Waals surface area (Å²) in [5.74, 6) is -2.96. The Morgan fingerprint density at radius 3 is 2.51 bits per heavy atom. The van der Waals surface area contributed by atoms with Crippen LogP contribution in [-0.2, 0) is 16.2 Å². The van der Waals surface area contributed by atoms with E-state index in [9.17, 15) is 24.3 Å². The van der Waals surface area contributed by atoms with E-state index in [1.54, 1.807) is 0 Å². The van der Waals surface area contributed by atoms with E-state index < -0.39 is 41.3 Å². The number of amides is 4. The number of benzene rings is 2. The average molecular weight is 569 g/mol. The number of anilines is 1. The molecule has 0 spiro atoms. The topological polar surface area (TPSA) is 250 Å². The fraction of sp³-hybridized carbons (Fsp3) is 0.370. The molecule has 0 saturated carbocycles. The molecule has 1 unspecified atom stereocenters.